The Bertz CT molecular complexity index is 1340. The number of carbonyl (C=O) groups excluding carboxylic acids is 2. The summed E-state index contributed by atoms with van der Waals surface area (Å²) in [6.45, 7) is 2.70. The van der Waals surface area contributed by atoms with Gasteiger partial charge >= 0.3 is 6.03 Å². The normalized spacial score (nSPS) is 18.4. The van der Waals surface area contributed by atoms with Gasteiger partial charge in [-0.15, -0.1) is 0 Å². The van der Waals surface area contributed by atoms with Gasteiger partial charge in [0.15, 0.2) is 17.5 Å². The highest BCUT2D eigenvalue weighted by molar-refractivity contribution is 5.97. The first-order valence-corrected chi connectivity index (χ1v) is 11.4. The van der Waals surface area contributed by atoms with E-state index in [2.05, 4.69) is 20.4 Å². The first-order valence-electron chi connectivity index (χ1n) is 11.4. The summed E-state index contributed by atoms with van der Waals surface area (Å²) in [7, 11) is 0. The molecule has 0 radical (unpaired) electrons. The van der Waals surface area contributed by atoms with Gasteiger partial charge in [0.25, 0.3) is 0 Å². The van der Waals surface area contributed by atoms with Crippen LogP contribution in [0.1, 0.15) is 13.5 Å². The van der Waals surface area contributed by atoms with Crippen LogP contribution >= 0.6 is 0 Å². The molecule has 188 valence electrons. The fraction of sp³-hybridized carbons (Fsp3) is 0.348. The van der Waals surface area contributed by atoms with Crippen molar-refractivity contribution in [2.45, 2.75) is 19.5 Å². The van der Waals surface area contributed by atoms with Gasteiger partial charge in [0.05, 0.1) is 30.7 Å². The number of benzene rings is 1. The third kappa shape index (κ3) is 3.71. The Morgan fingerprint density at radius 2 is 1.78 bits per heavy atom. The maximum absolute atomic E-state index is 13.5. The van der Waals surface area contributed by atoms with Crippen LogP contribution in [0.3, 0.4) is 0 Å². The Morgan fingerprint density at radius 3 is 2.50 bits per heavy atom. The van der Waals surface area contributed by atoms with Crippen LogP contribution in [0.5, 0.6) is 0 Å². The minimum atomic E-state index is -1.60. The Kier molecular flexibility index (Phi) is 5.09. The monoisotopic (exact) mass is 500 g/mol. The van der Waals surface area contributed by atoms with Crippen LogP contribution < -0.4 is 15.1 Å². The SMILES string of the molecule is O=C(Nc1cc(F)c(F)c(F)c1)N1CCn2ncc(N3CC4(CC3=O)CN(c3ncccn3)C4)c2C1.[HH]. The molecule has 3 aliphatic rings. The molecule has 13 heteroatoms. The molecular weight excluding hydrogens is 477 g/mol. The number of nitrogens with zero attached hydrogens (tertiary/aromatic N) is 7. The number of amides is 3. The molecule has 2 aromatic heterocycles. The summed E-state index contributed by atoms with van der Waals surface area (Å²) in [5, 5.41) is 6.80. The fourth-order valence-corrected chi connectivity index (χ4v) is 5.15. The highest BCUT2D eigenvalue weighted by Gasteiger charge is 2.53. The summed E-state index contributed by atoms with van der Waals surface area (Å²) in [6.07, 6.45) is 5.40. The van der Waals surface area contributed by atoms with Gasteiger partial charge in [0.2, 0.25) is 11.9 Å². The standard InChI is InChI=1S/C23H21F3N8O2.H2/c24-15-6-14(7-16(25)20(15)26)30-22(36)31-4-5-34-18(10-31)17(9-29-34)33-13-23(8-19(33)35)11-32(12-23)21-27-2-1-3-28-21;/h1-3,6-7,9H,4-5,8,10-13H2,(H,30,36);1H. The van der Waals surface area contributed by atoms with Crippen molar-refractivity contribution < 1.29 is 24.2 Å². The topological polar surface area (TPSA) is 99.5 Å². The predicted molar refractivity (Wildman–Crippen MR) is 124 cm³/mol. The van der Waals surface area contributed by atoms with Crippen molar-refractivity contribution in [3.05, 3.63) is 59.9 Å². The maximum Gasteiger partial charge on any atom is 0.322 e. The van der Waals surface area contributed by atoms with E-state index in [0.29, 0.717) is 56.5 Å². The molecule has 2 saturated heterocycles. The molecule has 36 heavy (non-hydrogen) atoms. The summed E-state index contributed by atoms with van der Waals surface area (Å²) in [4.78, 5) is 39.5. The van der Waals surface area contributed by atoms with Gasteiger partial charge in [-0.1, -0.05) is 0 Å². The highest BCUT2D eigenvalue weighted by atomic mass is 19.2. The first kappa shape index (κ1) is 22.3. The second kappa shape index (κ2) is 8.21. The minimum Gasteiger partial charge on any atom is -0.339 e. The van der Waals surface area contributed by atoms with E-state index in [-0.39, 0.29) is 25.0 Å². The first-order chi connectivity index (χ1) is 17.3. The van der Waals surface area contributed by atoms with E-state index in [4.69, 9.17) is 0 Å². The number of halogens is 3. The lowest BCUT2D eigenvalue weighted by molar-refractivity contribution is -0.117. The zero-order chi connectivity index (χ0) is 25.0. The lowest BCUT2D eigenvalue weighted by Crippen LogP contribution is -2.58. The molecule has 0 bridgehead atoms. The Balaban J connectivity index is 0.00000280. The van der Waals surface area contributed by atoms with Gasteiger partial charge in [0, 0.05) is 69.7 Å². The number of nitrogens with one attached hydrogen (secondary N) is 1. The molecule has 0 saturated carbocycles. The number of hydrogen-bond donors (Lipinski definition) is 1. The van der Waals surface area contributed by atoms with Crippen LogP contribution in [0.2, 0.25) is 0 Å². The molecule has 2 fully saturated rings. The number of urea groups is 1. The van der Waals surface area contributed by atoms with Gasteiger partial charge in [0.1, 0.15) is 0 Å². The number of anilines is 3. The highest BCUT2D eigenvalue weighted by Crippen LogP contribution is 2.43. The number of hydrogen-bond acceptors (Lipinski definition) is 6. The van der Waals surface area contributed by atoms with Crippen molar-refractivity contribution in [1.29, 1.82) is 0 Å². The van der Waals surface area contributed by atoms with E-state index >= 15 is 0 Å². The Morgan fingerprint density at radius 1 is 1.06 bits per heavy atom. The van der Waals surface area contributed by atoms with Gasteiger partial charge in [-0.05, 0) is 6.07 Å². The van der Waals surface area contributed by atoms with Crippen LogP contribution in [0.25, 0.3) is 0 Å². The summed E-state index contributed by atoms with van der Waals surface area (Å²) in [5.41, 5.74) is 0.945. The second-order valence-corrected chi connectivity index (χ2v) is 9.37. The van der Waals surface area contributed by atoms with Gasteiger partial charge in [-0.25, -0.2) is 27.9 Å². The van der Waals surface area contributed by atoms with E-state index in [0.717, 1.165) is 12.1 Å². The van der Waals surface area contributed by atoms with Crippen LogP contribution in [-0.4, -0.2) is 62.8 Å². The predicted octanol–water partition coefficient (Wildman–Crippen LogP) is 2.63. The number of rotatable bonds is 3. The van der Waals surface area contributed by atoms with E-state index in [1.54, 1.807) is 34.2 Å². The fourth-order valence-electron chi connectivity index (χ4n) is 5.15. The van der Waals surface area contributed by atoms with E-state index in [1.807, 2.05) is 4.90 Å². The van der Waals surface area contributed by atoms with Crippen LogP contribution in [-0.2, 0) is 17.9 Å². The van der Waals surface area contributed by atoms with Gasteiger partial charge in [-0.3, -0.25) is 9.48 Å². The molecule has 3 amide bonds. The Labute approximate surface area is 204 Å². The third-order valence-corrected chi connectivity index (χ3v) is 6.87. The number of aromatic nitrogens is 4. The summed E-state index contributed by atoms with van der Waals surface area (Å²) >= 11 is 0. The van der Waals surface area contributed by atoms with Gasteiger partial charge in [-0.2, -0.15) is 5.10 Å². The zero-order valence-electron chi connectivity index (χ0n) is 19.0. The second-order valence-electron chi connectivity index (χ2n) is 9.37. The largest absolute Gasteiger partial charge is 0.339 e. The lowest BCUT2D eigenvalue weighted by atomic mass is 9.79. The summed E-state index contributed by atoms with van der Waals surface area (Å²) in [6, 6.07) is 2.60. The molecule has 1 aromatic carbocycles. The minimum absolute atomic E-state index is 0. The van der Waals surface area contributed by atoms with Crippen molar-refractivity contribution in [3.8, 4) is 0 Å². The molecule has 10 nitrogen and oxygen atoms in total. The molecule has 0 atom stereocenters. The van der Waals surface area contributed by atoms with Gasteiger partial charge < -0.3 is 20.0 Å². The van der Waals surface area contributed by atoms with Crippen molar-refractivity contribution in [3.63, 3.8) is 0 Å². The van der Waals surface area contributed by atoms with Crippen LogP contribution in [0, 0.1) is 22.9 Å². The summed E-state index contributed by atoms with van der Waals surface area (Å²) < 4.78 is 42.0. The lowest BCUT2D eigenvalue weighted by Gasteiger charge is -2.47. The van der Waals surface area contributed by atoms with E-state index in [1.165, 1.54) is 4.90 Å². The maximum atomic E-state index is 13.5. The summed E-state index contributed by atoms with van der Waals surface area (Å²) in [5.74, 6) is -3.76. The molecule has 0 aliphatic carbocycles. The quantitative estimate of drug-likeness (QED) is 0.555. The third-order valence-electron chi connectivity index (χ3n) is 6.87. The van der Waals surface area contributed by atoms with Crippen molar-refractivity contribution in [2.24, 2.45) is 5.41 Å². The number of fused-ring (bicyclic) bond motifs is 1. The van der Waals surface area contributed by atoms with Crippen LogP contribution in [0.4, 0.5) is 35.3 Å². The molecular formula is C23H23F3N8O2. The smallest absolute Gasteiger partial charge is 0.322 e. The molecule has 5 heterocycles. The molecule has 6 rings (SSSR count). The molecule has 1 spiro atoms. The molecule has 3 aliphatic heterocycles. The number of carbonyl (C=O) groups is 2. The zero-order valence-corrected chi connectivity index (χ0v) is 19.0. The van der Waals surface area contributed by atoms with E-state index < -0.39 is 23.5 Å². The van der Waals surface area contributed by atoms with Crippen molar-refractivity contribution in [2.75, 3.05) is 41.3 Å². The molecule has 3 aromatic rings. The molecule has 1 N–H and O–H groups in total. The van der Waals surface area contributed by atoms with E-state index in [9.17, 15) is 22.8 Å². The van der Waals surface area contributed by atoms with Crippen LogP contribution in [0.15, 0.2) is 36.8 Å². The average molecular weight is 500 g/mol. The van der Waals surface area contributed by atoms with Crippen molar-refractivity contribution >= 4 is 29.3 Å². The molecule has 0 unspecified atom stereocenters. The van der Waals surface area contributed by atoms with Crippen molar-refractivity contribution in [1.82, 2.24) is 24.6 Å². The average Bonchev–Trinajstić information content (AvgIpc) is 3.42. The Hall–Kier alpha value is -4.16.